The van der Waals surface area contributed by atoms with E-state index < -0.39 is 0 Å². The lowest BCUT2D eigenvalue weighted by atomic mass is 10.0. The summed E-state index contributed by atoms with van der Waals surface area (Å²) in [6, 6.07) is 10.6. The fraction of sp³-hybridized carbons (Fsp3) is 0.522. The van der Waals surface area contributed by atoms with Crippen molar-refractivity contribution in [2.75, 3.05) is 6.61 Å². The Kier molecular flexibility index (Phi) is 4.84. The molecule has 3 aromatic rings. The maximum Gasteiger partial charge on any atom is 0.165 e. The quantitative estimate of drug-likeness (QED) is 0.528. The molecule has 0 saturated heterocycles. The highest BCUT2D eigenvalue weighted by atomic mass is 35.5. The zero-order valence-corrected chi connectivity index (χ0v) is 18.3. The largest absolute Gasteiger partial charge is 0.376 e. The van der Waals surface area contributed by atoms with Crippen LogP contribution in [0.4, 0.5) is 0 Å². The molecule has 0 radical (unpaired) electrons. The maximum absolute atomic E-state index is 6.55. The SMILES string of the molecule is CC(C)(C)O[C@H]1C[C@H](n2cnc3c(Cl)ncnc32)C2C[C@]21COCc1ccccc1. The number of halogens is 1. The van der Waals surface area contributed by atoms with Gasteiger partial charge < -0.3 is 14.0 Å². The highest BCUT2D eigenvalue weighted by Crippen LogP contribution is 2.69. The number of aromatic nitrogens is 4. The first-order valence-corrected chi connectivity index (χ1v) is 10.9. The number of fused-ring (bicyclic) bond motifs is 2. The summed E-state index contributed by atoms with van der Waals surface area (Å²) in [7, 11) is 0. The number of hydrogen-bond donors (Lipinski definition) is 0. The van der Waals surface area contributed by atoms with Crippen LogP contribution in [0.15, 0.2) is 43.0 Å². The van der Waals surface area contributed by atoms with E-state index in [1.165, 1.54) is 11.9 Å². The topological polar surface area (TPSA) is 62.1 Å². The Morgan fingerprint density at radius 3 is 2.73 bits per heavy atom. The molecule has 7 heteroatoms. The van der Waals surface area contributed by atoms with E-state index in [1.807, 2.05) is 24.5 Å². The van der Waals surface area contributed by atoms with Crippen molar-refractivity contribution < 1.29 is 9.47 Å². The summed E-state index contributed by atoms with van der Waals surface area (Å²) in [5, 5.41) is 0.396. The minimum Gasteiger partial charge on any atom is -0.376 e. The summed E-state index contributed by atoms with van der Waals surface area (Å²) in [5.41, 5.74) is 2.48. The predicted molar refractivity (Wildman–Crippen MR) is 115 cm³/mol. The summed E-state index contributed by atoms with van der Waals surface area (Å²) >= 11 is 6.22. The Hall–Kier alpha value is -2.02. The number of nitrogens with zero attached hydrogens (tertiary/aromatic N) is 4. The van der Waals surface area contributed by atoms with E-state index in [2.05, 4.69) is 52.4 Å². The molecule has 2 aliphatic rings. The Morgan fingerprint density at radius 2 is 1.97 bits per heavy atom. The lowest BCUT2D eigenvalue weighted by Crippen LogP contribution is -2.35. The van der Waals surface area contributed by atoms with Crippen LogP contribution in [0.3, 0.4) is 0 Å². The number of benzene rings is 1. The van der Waals surface area contributed by atoms with Gasteiger partial charge in [0.1, 0.15) is 11.8 Å². The monoisotopic (exact) mass is 426 g/mol. The summed E-state index contributed by atoms with van der Waals surface area (Å²) in [6.45, 7) is 7.69. The molecule has 2 fully saturated rings. The summed E-state index contributed by atoms with van der Waals surface area (Å²) in [5.74, 6) is 0.478. The van der Waals surface area contributed by atoms with Gasteiger partial charge in [0.25, 0.3) is 0 Å². The number of rotatable bonds is 6. The average Bonchev–Trinajstić information content (AvgIpc) is 3.14. The molecule has 2 aliphatic carbocycles. The Labute approximate surface area is 181 Å². The van der Waals surface area contributed by atoms with Gasteiger partial charge in [-0.05, 0) is 45.1 Å². The standard InChI is InChI=1S/C23H27ClN4O2/c1-22(2,3)30-18-9-17(28-14-27-19-20(24)25-13-26-21(19)28)16-10-23(16,18)12-29-11-15-7-5-4-6-8-15/h4-8,13-14,16-18H,9-12H2,1-3H3/t16?,17-,18-,23-/m0/s1. The smallest absolute Gasteiger partial charge is 0.165 e. The fourth-order valence-corrected chi connectivity index (χ4v) is 5.19. The van der Waals surface area contributed by atoms with E-state index >= 15 is 0 Å². The van der Waals surface area contributed by atoms with Gasteiger partial charge in [0.05, 0.1) is 31.2 Å². The molecule has 4 atom stereocenters. The third-order valence-electron chi connectivity index (χ3n) is 6.39. The second-order valence-electron chi connectivity index (χ2n) is 9.53. The zero-order chi connectivity index (χ0) is 20.9. The van der Waals surface area contributed by atoms with Gasteiger partial charge in [0.15, 0.2) is 10.8 Å². The van der Waals surface area contributed by atoms with Crippen molar-refractivity contribution in [2.45, 2.75) is 58.0 Å². The molecule has 6 nitrogen and oxygen atoms in total. The molecular weight excluding hydrogens is 400 g/mol. The predicted octanol–water partition coefficient (Wildman–Crippen LogP) is 4.83. The Balaban J connectivity index is 1.39. The van der Waals surface area contributed by atoms with Gasteiger partial charge in [0.2, 0.25) is 0 Å². The maximum atomic E-state index is 6.55. The van der Waals surface area contributed by atoms with Gasteiger partial charge in [-0.3, -0.25) is 0 Å². The van der Waals surface area contributed by atoms with Gasteiger partial charge in [-0.2, -0.15) is 0 Å². The van der Waals surface area contributed by atoms with Crippen LogP contribution in [-0.4, -0.2) is 37.8 Å². The highest BCUT2D eigenvalue weighted by molar-refractivity contribution is 6.33. The molecule has 2 aromatic heterocycles. The fourth-order valence-electron chi connectivity index (χ4n) is 5.02. The molecule has 0 bridgehead atoms. The van der Waals surface area contributed by atoms with Crippen LogP contribution in [0.1, 0.15) is 45.2 Å². The minimum absolute atomic E-state index is 0.0418. The first-order valence-electron chi connectivity index (χ1n) is 10.5. The third-order valence-corrected chi connectivity index (χ3v) is 6.67. The van der Waals surface area contributed by atoms with Crippen LogP contribution in [0.2, 0.25) is 5.15 Å². The Bertz CT molecular complexity index is 1050. The molecule has 0 amide bonds. The first-order chi connectivity index (χ1) is 14.4. The average molecular weight is 427 g/mol. The van der Waals surface area contributed by atoms with Crippen LogP contribution >= 0.6 is 11.6 Å². The molecule has 5 rings (SSSR count). The Morgan fingerprint density at radius 1 is 1.17 bits per heavy atom. The molecule has 0 spiro atoms. The van der Waals surface area contributed by atoms with Crippen LogP contribution in [-0.2, 0) is 16.1 Å². The van der Waals surface area contributed by atoms with Crippen LogP contribution in [0.5, 0.6) is 0 Å². The molecule has 30 heavy (non-hydrogen) atoms. The number of hydrogen-bond acceptors (Lipinski definition) is 5. The zero-order valence-electron chi connectivity index (χ0n) is 17.6. The van der Waals surface area contributed by atoms with Gasteiger partial charge in [-0.25, -0.2) is 15.0 Å². The van der Waals surface area contributed by atoms with Crippen molar-refractivity contribution in [3.05, 3.63) is 53.7 Å². The van der Waals surface area contributed by atoms with Crippen molar-refractivity contribution in [2.24, 2.45) is 11.3 Å². The van der Waals surface area contributed by atoms with Crippen molar-refractivity contribution in [1.82, 2.24) is 19.5 Å². The van der Waals surface area contributed by atoms with Crippen molar-refractivity contribution in [1.29, 1.82) is 0 Å². The van der Waals surface area contributed by atoms with Crippen molar-refractivity contribution in [3.8, 4) is 0 Å². The van der Waals surface area contributed by atoms with E-state index in [0.717, 1.165) is 18.5 Å². The second-order valence-corrected chi connectivity index (χ2v) is 9.89. The van der Waals surface area contributed by atoms with Crippen LogP contribution in [0, 0.1) is 11.3 Å². The van der Waals surface area contributed by atoms with Gasteiger partial charge >= 0.3 is 0 Å². The van der Waals surface area contributed by atoms with Crippen LogP contribution < -0.4 is 0 Å². The molecule has 0 aliphatic heterocycles. The molecule has 1 unspecified atom stereocenters. The van der Waals surface area contributed by atoms with Gasteiger partial charge in [-0.15, -0.1) is 0 Å². The van der Waals surface area contributed by atoms with Gasteiger partial charge in [-0.1, -0.05) is 41.9 Å². The molecule has 0 N–H and O–H groups in total. The molecule has 158 valence electrons. The molecule has 2 saturated carbocycles. The number of imidazole rings is 1. The van der Waals surface area contributed by atoms with Crippen molar-refractivity contribution in [3.63, 3.8) is 0 Å². The molecule has 1 aromatic carbocycles. The third kappa shape index (κ3) is 3.51. The second kappa shape index (κ2) is 7.29. The summed E-state index contributed by atoms with van der Waals surface area (Å²) < 4.78 is 14.9. The highest BCUT2D eigenvalue weighted by Gasteiger charge is 2.69. The lowest BCUT2D eigenvalue weighted by Gasteiger charge is -2.31. The van der Waals surface area contributed by atoms with Crippen molar-refractivity contribution >= 4 is 22.8 Å². The van der Waals surface area contributed by atoms with E-state index in [-0.39, 0.29) is 23.2 Å². The first kappa shape index (κ1) is 19.9. The van der Waals surface area contributed by atoms with E-state index in [9.17, 15) is 0 Å². The summed E-state index contributed by atoms with van der Waals surface area (Å²) in [6.07, 6.45) is 5.50. The van der Waals surface area contributed by atoms with E-state index in [4.69, 9.17) is 21.1 Å². The van der Waals surface area contributed by atoms with E-state index in [0.29, 0.717) is 29.8 Å². The van der Waals surface area contributed by atoms with Gasteiger partial charge in [0, 0.05) is 11.5 Å². The van der Waals surface area contributed by atoms with Crippen LogP contribution in [0.25, 0.3) is 11.2 Å². The molecular formula is C23H27ClN4O2. The number of ether oxygens (including phenoxy) is 2. The minimum atomic E-state index is -0.207. The summed E-state index contributed by atoms with van der Waals surface area (Å²) in [4.78, 5) is 13.0. The van der Waals surface area contributed by atoms with E-state index in [1.54, 1.807) is 0 Å². The normalized spacial score (nSPS) is 28.1. The molecule has 2 heterocycles. The lowest BCUT2D eigenvalue weighted by molar-refractivity contribution is -0.104.